The maximum atomic E-state index is 13.0. The van der Waals surface area contributed by atoms with E-state index in [0.29, 0.717) is 11.1 Å². The number of hydrogen-bond acceptors (Lipinski definition) is 5. The SMILES string of the molecule is CC(C)=C(C(=O)NCCNC(=O)OC(C)(C)C)/C(C(=O)O)=C(\c1cc(C)sc1C)C(C)C. The third-order valence-electron chi connectivity index (χ3n) is 4.45. The second-order valence-electron chi connectivity index (χ2n) is 9.14. The molecule has 1 heterocycles. The summed E-state index contributed by atoms with van der Waals surface area (Å²) < 4.78 is 5.16. The highest BCUT2D eigenvalue weighted by Crippen LogP contribution is 2.37. The van der Waals surface area contributed by atoms with Crippen molar-refractivity contribution in [2.24, 2.45) is 5.92 Å². The van der Waals surface area contributed by atoms with E-state index in [1.165, 1.54) is 0 Å². The van der Waals surface area contributed by atoms with Gasteiger partial charge < -0.3 is 20.5 Å². The van der Waals surface area contributed by atoms with Crippen LogP contribution in [0.1, 0.15) is 63.8 Å². The normalized spacial score (nSPS) is 12.2. The molecule has 0 saturated heterocycles. The molecule has 0 aliphatic heterocycles. The zero-order chi connectivity index (χ0) is 24.8. The molecule has 178 valence electrons. The molecule has 0 spiro atoms. The molecule has 2 amide bonds. The third-order valence-corrected chi connectivity index (χ3v) is 5.41. The number of rotatable bonds is 8. The molecule has 0 saturated carbocycles. The van der Waals surface area contributed by atoms with Gasteiger partial charge in [0.15, 0.2) is 0 Å². The largest absolute Gasteiger partial charge is 0.478 e. The molecular formula is C24H36N2O5S. The van der Waals surface area contributed by atoms with Crippen LogP contribution < -0.4 is 10.6 Å². The highest BCUT2D eigenvalue weighted by atomic mass is 32.1. The summed E-state index contributed by atoms with van der Waals surface area (Å²) in [5, 5.41) is 15.4. The fraction of sp³-hybridized carbons (Fsp3) is 0.542. The summed E-state index contributed by atoms with van der Waals surface area (Å²) in [4.78, 5) is 39.3. The molecular weight excluding hydrogens is 428 g/mol. The summed E-state index contributed by atoms with van der Waals surface area (Å²) in [6, 6.07) is 1.98. The Morgan fingerprint density at radius 3 is 2.03 bits per heavy atom. The van der Waals surface area contributed by atoms with Gasteiger partial charge in [0.25, 0.3) is 5.91 Å². The Kier molecular flexibility index (Phi) is 9.70. The predicted molar refractivity (Wildman–Crippen MR) is 129 cm³/mol. The first-order valence-electron chi connectivity index (χ1n) is 10.6. The summed E-state index contributed by atoms with van der Waals surface area (Å²) in [5.74, 6) is -1.74. The first-order chi connectivity index (χ1) is 14.7. The number of aryl methyl sites for hydroxylation is 2. The number of ether oxygens (including phenoxy) is 1. The number of thiophene rings is 1. The molecule has 0 fully saturated rings. The second kappa shape index (κ2) is 11.3. The third kappa shape index (κ3) is 7.82. The summed E-state index contributed by atoms with van der Waals surface area (Å²) in [7, 11) is 0. The molecule has 3 N–H and O–H groups in total. The van der Waals surface area contributed by atoms with Gasteiger partial charge in [0.1, 0.15) is 5.60 Å². The number of alkyl carbamates (subject to hydrolysis) is 1. The van der Waals surface area contributed by atoms with Gasteiger partial charge in [0, 0.05) is 22.8 Å². The van der Waals surface area contributed by atoms with Gasteiger partial charge in [-0.05, 0) is 71.6 Å². The standard InChI is InChI=1S/C24H36N2O5S/c1-13(2)18(17-12-15(5)32-16(17)6)20(22(28)29)19(14(3)4)21(27)25-10-11-26-23(30)31-24(7,8)9/h12-13H,10-11H2,1-9H3,(H,25,27)(H,26,30)(H,28,29)/b20-18+. The highest BCUT2D eigenvalue weighted by Gasteiger charge is 2.28. The zero-order valence-electron chi connectivity index (χ0n) is 20.6. The van der Waals surface area contributed by atoms with Crippen molar-refractivity contribution in [1.82, 2.24) is 10.6 Å². The van der Waals surface area contributed by atoms with E-state index in [1.807, 2.05) is 33.8 Å². The topological polar surface area (TPSA) is 105 Å². The molecule has 0 unspecified atom stereocenters. The van der Waals surface area contributed by atoms with Crippen molar-refractivity contribution < 1.29 is 24.2 Å². The van der Waals surface area contributed by atoms with E-state index >= 15 is 0 Å². The van der Waals surface area contributed by atoms with Crippen LogP contribution in [-0.2, 0) is 14.3 Å². The molecule has 0 radical (unpaired) electrons. The van der Waals surface area contributed by atoms with E-state index in [-0.39, 0.29) is 30.2 Å². The van der Waals surface area contributed by atoms with Gasteiger partial charge >= 0.3 is 12.1 Å². The van der Waals surface area contributed by atoms with Crippen LogP contribution >= 0.6 is 11.3 Å². The number of carbonyl (C=O) groups excluding carboxylic acids is 2. The van der Waals surface area contributed by atoms with Gasteiger partial charge in [-0.15, -0.1) is 11.3 Å². The van der Waals surface area contributed by atoms with Crippen molar-refractivity contribution in [1.29, 1.82) is 0 Å². The minimum atomic E-state index is -1.14. The molecule has 0 atom stereocenters. The molecule has 0 aromatic carbocycles. The van der Waals surface area contributed by atoms with Crippen molar-refractivity contribution in [3.8, 4) is 0 Å². The molecule has 0 aliphatic rings. The number of nitrogens with one attached hydrogen (secondary N) is 2. The lowest BCUT2D eigenvalue weighted by atomic mass is 9.85. The first kappa shape index (κ1) is 27.4. The van der Waals surface area contributed by atoms with Crippen molar-refractivity contribution in [2.45, 2.75) is 67.9 Å². The summed E-state index contributed by atoms with van der Waals surface area (Å²) in [6.07, 6.45) is -0.578. The average molecular weight is 465 g/mol. The van der Waals surface area contributed by atoms with Gasteiger partial charge in [-0.3, -0.25) is 4.79 Å². The first-order valence-corrected chi connectivity index (χ1v) is 11.4. The van der Waals surface area contributed by atoms with Gasteiger partial charge in [-0.25, -0.2) is 9.59 Å². The quantitative estimate of drug-likeness (QED) is 0.290. The van der Waals surface area contributed by atoms with Crippen molar-refractivity contribution in [3.63, 3.8) is 0 Å². The van der Waals surface area contributed by atoms with Crippen molar-refractivity contribution >= 4 is 34.9 Å². The molecule has 7 nitrogen and oxygen atoms in total. The van der Waals surface area contributed by atoms with E-state index in [1.54, 1.807) is 46.0 Å². The van der Waals surface area contributed by atoms with Crippen LogP contribution in [0.2, 0.25) is 0 Å². The maximum absolute atomic E-state index is 13.0. The van der Waals surface area contributed by atoms with Crippen LogP contribution in [0.4, 0.5) is 4.79 Å². The number of amides is 2. The molecule has 1 aromatic heterocycles. The van der Waals surface area contributed by atoms with Gasteiger partial charge in [-0.1, -0.05) is 19.4 Å². The number of carboxylic acids is 1. The van der Waals surface area contributed by atoms with E-state index in [9.17, 15) is 19.5 Å². The lowest BCUT2D eigenvalue weighted by Crippen LogP contribution is -2.38. The van der Waals surface area contributed by atoms with Crippen LogP contribution in [0.3, 0.4) is 0 Å². The smallest absolute Gasteiger partial charge is 0.407 e. The number of hydrogen-bond donors (Lipinski definition) is 3. The highest BCUT2D eigenvalue weighted by molar-refractivity contribution is 7.12. The Hall–Kier alpha value is -2.61. The minimum Gasteiger partial charge on any atom is -0.478 e. The van der Waals surface area contributed by atoms with Crippen molar-refractivity contribution in [3.05, 3.63) is 38.1 Å². The summed E-state index contributed by atoms with van der Waals surface area (Å²) in [6.45, 7) is 16.8. The van der Waals surface area contributed by atoms with Gasteiger partial charge in [0.05, 0.1) is 11.1 Å². The number of allylic oxidation sites excluding steroid dienone is 2. The van der Waals surface area contributed by atoms with Crippen LogP contribution in [0.5, 0.6) is 0 Å². The minimum absolute atomic E-state index is 0.0125. The fourth-order valence-electron chi connectivity index (χ4n) is 3.32. The molecule has 1 rings (SSSR count). The van der Waals surface area contributed by atoms with Crippen LogP contribution in [0, 0.1) is 19.8 Å². The Bertz CT molecular complexity index is 929. The molecule has 1 aromatic rings. The lowest BCUT2D eigenvalue weighted by molar-refractivity contribution is -0.133. The van der Waals surface area contributed by atoms with Crippen LogP contribution in [-0.4, -0.2) is 41.8 Å². The Labute approximate surface area is 194 Å². The Morgan fingerprint density at radius 1 is 1.06 bits per heavy atom. The zero-order valence-corrected chi connectivity index (χ0v) is 21.4. The predicted octanol–water partition coefficient (Wildman–Crippen LogP) is 4.84. The van der Waals surface area contributed by atoms with Crippen LogP contribution in [0.15, 0.2) is 22.8 Å². The number of carboxylic acid groups (broad SMARTS) is 1. The number of carbonyl (C=O) groups is 3. The fourth-order valence-corrected chi connectivity index (χ4v) is 4.26. The summed E-state index contributed by atoms with van der Waals surface area (Å²) in [5.41, 5.74) is 1.63. The molecule has 0 aliphatic carbocycles. The average Bonchev–Trinajstić information content (AvgIpc) is 2.93. The molecule has 8 heteroatoms. The summed E-state index contributed by atoms with van der Waals surface area (Å²) >= 11 is 1.60. The maximum Gasteiger partial charge on any atom is 0.407 e. The van der Waals surface area contributed by atoms with Gasteiger partial charge in [0.2, 0.25) is 0 Å². The Balaban J connectivity index is 3.20. The molecule has 32 heavy (non-hydrogen) atoms. The molecule has 0 bridgehead atoms. The van der Waals surface area contributed by atoms with E-state index in [4.69, 9.17) is 4.74 Å². The van der Waals surface area contributed by atoms with Crippen LogP contribution in [0.25, 0.3) is 5.57 Å². The van der Waals surface area contributed by atoms with E-state index in [2.05, 4.69) is 10.6 Å². The Morgan fingerprint density at radius 2 is 1.62 bits per heavy atom. The van der Waals surface area contributed by atoms with E-state index in [0.717, 1.165) is 15.3 Å². The van der Waals surface area contributed by atoms with Gasteiger partial charge in [-0.2, -0.15) is 0 Å². The second-order valence-corrected chi connectivity index (χ2v) is 10.6. The van der Waals surface area contributed by atoms with E-state index < -0.39 is 23.6 Å². The lowest BCUT2D eigenvalue weighted by Gasteiger charge is -2.20. The monoisotopic (exact) mass is 464 g/mol. The number of aliphatic carboxylic acids is 1. The van der Waals surface area contributed by atoms with Crippen molar-refractivity contribution in [2.75, 3.05) is 13.1 Å².